The van der Waals surface area contributed by atoms with Gasteiger partial charge in [-0.1, -0.05) is 13.3 Å². The van der Waals surface area contributed by atoms with Crippen molar-refractivity contribution in [2.24, 2.45) is 5.41 Å². The minimum absolute atomic E-state index is 0.0665. The summed E-state index contributed by atoms with van der Waals surface area (Å²) in [6.45, 7) is 3.08. The van der Waals surface area contributed by atoms with E-state index in [9.17, 15) is 9.59 Å². The molecule has 17 heavy (non-hydrogen) atoms. The fraction of sp³-hybridized carbons (Fsp3) is 0.833. The maximum Gasteiger partial charge on any atom is 0.303 e. The van der Waals surface area contributed by atoms with E-state index in [1.54, 1.807) is 0 Å². The molecule has 0 spiro atoms. The summed E-state index contributed by atoms with van der Waals surface area (Å²) >= 11 is 0. The second-order valence-corrected chi connectivity index (χ2v) is 4.75. The molecule has 5 heteroatoms. The van der Waals surface area contributed by atoms with E-state index in [4.69, 9.17) is 9.84 Å². The maximum atomic E-state index is 11.4. The highest BCUT2D eigenvalue weighted by atomic mass is 16.5. The second-order valence-electron chi connectivity index (χ2n) is 4.75. The number of rotatable bonds is 8. The zero-order chi connectivity index (χ0) is 12.7. The molecule has 1 rings (SSSR count). The average molecular weight is 243 g/mol. The Labute approximate surface area is 102 Å². The number of carbonyl (C=O) groups is 2. The Balaban J connectivity index is 2.23. The molecule has 1 aliphatic rings. The van der Waals surface area contributed by atoms with Gasteiger partial charge in [0.15, 0.2) is 0 Å². The molecule has 1 aliphatic carbocycles. The fourth-order valence-electron chi connectivity index (χ4n) is 2.06. The summed E-state index contributed by atoms with van der Waals surface area (Å²) in [5, 5.41) is 11.6. The molecule has 0 unspecified atom stereocenters. The Bertz CT molecular complexity index is 274. The summed E-state index contributed by atoms with van der Waals surface area (Å²) in [7, 11) is 0. The molecule has 1 fully saturated rings. The molecule has 0 saturated heterocycles. The van der Waals surface area contributed by atoms with Gasteiger partial charge in [0, 0.05) is 13.2 Å². The molecule has 1 amide bonds. The quantitative estimate of drug-likeness (QED) is 0.627. The molecule has 1 saturated carbocycles. The predicted octanol–water partition coefficient (Wildman–Crippen LogP) is 1.17. The topological polar surface area (TPSA) is 75.6 Å². The van der Waals surface area contributed by atoms with Crippen molar-refractivity contribution in [1.82, 2.24) is 5.32 Å². The van der Waals surface area contributed by atoms with E-state index < -0.39 is 5.97 Å². The van der Waals surface area contributed by atoms with Crippen molar-refractivity contribution in [3.05, 3.63) is 0 Å². The van der Waals surface area contributed by atoms with Crippen LogP contribution in [-0.4, -0.2) is 36.7 Å². The zero-order valence-corrected chi connectivity index (χ0v) is 10.3. The summed E-state index contributed by atoms with van der Waals surface area (Å²) in [6.07, 6.45) is 3.85. The first-order valence-electron chi connectivity index (χ1n) is 6.14. The number of carboxylic acids is 1. The molecular weight excluding hydrogens is 222 g/mol. The first-order chi connectivity index (χ1) is 8.08. The van der Waals surface area contributed by atoms with Gasteiger partial charge in [-0.15, -0.1) is 0 Å². The van der Waals surface area contributed by atoms with Gasteiger partial charge >= 0.3 is 5.97 Å². The largest absolute Gasteiger partial charge is 0.481 e. The molecule has 0 atom stereocenters. The van der Waals surface area contributed by atoms with E-state index in [2.05, 4.69) is 5.32 Å². The van der Waals surface area contributed by atoms with Gasteiger partial charge in [0.25, 0.3) is 0 Å². The molecule has 0 radical (unpaired) electrons. The zero-order valence-electron chi connectivity index (χ0n) is 10.3. The van der Waals surface area contributed by atoms with Gasteiger partial charge in [-0.2, -0.15) is 0 Å². The first kappa shape index (κ1) is 14.0. The molecule has 5 nitrogen and oxygen atoms in total. The van der Waals surface area contributed by atoms with Gasteiger partial charge < -0.3 is 15.2 Å². The van der Waals surface area contributed by atoms with Crippen molar-refractivity contribution in [2.45, 2.75) is 39.0 Å². The van der Waals surface area contributed by atoms with Crippen LogP contribution in [0.15, 0.2) is 0 Å². The summed E-state index contributed by atoms with van der Waals surface area (Å²) < 4.78 is 5.11. The van der Waals surface area contributed by atoms with Crippen molar-refractivity contribution < 1.29 is 19.4 Å². The van der Waals surface area contributed by atoms with Crippen molar-refractivity contribution in [3.63, 3.8) is 0 Å². The first-order valence-corrected chi connectivity index (χ1v) is 6.14. The third-order valence-corrected chi connectivity index (χ3v) is 3.18. The standard InChI is InChI=1S/C12H21NO4/c1-2-6-17-8-10(14)13-9-12(4-3-5-12)7-11(15)16/h2-9H2,1H3,(H,13,14)(H,15,16). The van der Waals surface area contributed by atoms with Gasteiger partial charge in [-0.05, 0) is 24.7 Å². The highest BCUT2D eigenvalue weighted by Gasteiger charge is 2.39. The summed E-state index contributed by atoms with van der Waals surface area (Å²) in [4.78, 5) is 22.1. The molecule has 98 valence electrons. The van der Waals surface area contributed by atoms with Crippen molar-refractivity contribution in [3.8, 4) is 0 Å². The molecule has 0 aromatic heterocycles. The highest BCUT2D eigenvalue weighted by molar-refractivity contribution is 5.77. The molecule has 2 N–H and O–H groups in total. The van der Waals surface area contributed by atoms with Crippen LogP contribution in [0.5, 0.6) is 0 Å². The monoisotopic (exact) mass is 243 g/mol. The lowest BCUT2D eigenvalue weighted by atomic mass is 9.66. The summed E-state index contributed by atoms with van der Waals surface area (Å²) in [5.74, 6) is -0.948. The molecular formula is C12H21NO4. The van der Waals surface area contributed by atoms with E-state index >= 15 is 0 Å². The van der Waals surface area contributed by atoms with E-state index in [1.807, 2.05) is 6.92 Å². The lowest BCUT2D eigenvalue weighted by Gasteiger charge is -2.40. The third kappa shape index (κ3) is 4.73. The van der Waals surface area contributed by atoms with Crippen LogP contribution >= 0.6 is 0 Å². The van der Waals surface area contributed by atoms with Crippen LogP contribution < -0.4 is 5.32 Å². The molecule has 0 bridgehead atoms. The lowest BCUT2D eigenvalue weighted by Crippen LogP contribution is -2.44. The normalized spacial score (nSPS) is 17.2. The van der Waals surface area contributed by atoms with Crippen LogP contribution in [0, 0.1) is 5.41 Å². The Hall–Kier alpha value is -1.10. The van der Waals surface area contributed by atoms with E-state index in [-0.39, 0.29) is 24.3 Å². The number of carboxylic acid groups (broad SMARTS) is 1. The SMILES string of the molecule is CCCOCC(=O)NCC1(CC(=O)O)CCC1. The third-order valence-electron chi connectivity index (χ3n) is 3.18. The van der Waals surface area contributed by atoms with Gasteiger partial charge in [-0.25, -0.2) is 0 Å². The Kier molecular flexibility index (Phi) is 5.41. The number of ether oxygens (including phenoxy) is 1. The van der Waals surface area contributed by atoms with Crippen molar-refractivity contribution in [1.29, 1.82) is 0 Å². The maximum absolute atomic E-state index is 11.4. The number of nitrogens with one attached hydrogen (secondary N) is 1. The second kappa shape index (κ2) is 6.59. The molecule has 0 aromatic carbocycles. The van der Waals surface area contributed by atoms with E-state index in [0.29, 0.717) is 13.2 Å². The minimum Gasteiger partial charge on any atom is -0.481 e. The number of carbonyl (C=O) groups excluding carboxylic acids is 1. The Morgan fingerprint density at radius 3 is 2.59 bits per heavy atom. The van der Waals surface area contributed by atoms with E-state index in [0.717, 1.165) is 25.7 Å². The van der Waals surface area contributed by atoms with Gasteiger partial charge in [0.1, 0.15) is 6.61 Å². The Morgan fingerprint density at radius 2 is 2.12 bits per heavy atom. The van der Waals surface area contributed by atoms with Gasteiger partial charge in [0.2, 0.25) is 5.91 Å². The average Bonchev–Trinajstić information content (AvgIpc) is 2.22. The fourth-order valence-corrected chi connectivity index (χ4v) is 2.06. The van der Waals surface area contributed by atoms with Crippen LogP contribution in [0.2, 0.25) is 0 Å². The predicted molar refractivity (Wildman–Crippen MR) is 62.7 cm³/mol. The molecule has 0 aliphatic heterocycles. The lowest BCUT2D eigenvalue weighted by molar-refractivity contribution is -0.142. The van der Waals surface area contributed by atoms with Gasteiger partial charge in [0.05, 0.1) is 6.42 Å². The number of hydrogen-bond donors (Lipinski definition) is 2. The minimum atomic E-state index is -0.791. The van der Waals surface area contributed by atoms with Crippen LogP contribution in [0.3, 0.4) is 0 Å². The van der Waals surface area contributed by atoms with Crippen LogP contribution in [0.4, 0.5) is 0 Å². The molecule has 0 heterocycles. The highest BCUT2D eigenvalue weighted by Crippen LogP contribution is 2.43. The number of amides is 1. The Morgan fingerprint density at radius 1 is 1.41 bits per heavy atom. The summed E-state index contributed by atoms with van der Waals surface area (Å²) in [5.41, 5.74) is -0.216. The number of aliphatic carboxylic acids is 1. The number of hydrogen-bond acceptors (Lipinski definition) is 3. The smallest absolute Gasteiger partial charge is 0.303 e. The van der Waals surface area contributed by atoms with Crippen molar-refractivity contribution in [2.75, 3.05) is 19.8 Å². The van der Waals surface area contributed by atoms with Gasteiger partial charge in [-0.3, -0.25) is 9.59 Å². The summed E-state index contributed by atoms with van der Waals surface area (Å²) in [6, 6.07) is 0. The van der Waals surface area contributed by atoms with Crippen LogP contribution in [0.25, 0.3) is 0 Å². The van der Waals surface area contributed by atoms with Crippen molar-refractivity contribution >= 4 is 11.9 Å². The van der Waals surface area contributed by atoms with Crippen LogP contribution in [0.1, 0.15) is 39.0 Å². The van der Waals surface area contributed by atoms with Crippen LogP contribution in [-0.2, 0) is 14.3 Å². The molecule has 0 aromatic rings. The van der Waals surface area contributed by atoms with E-state index in [1.165, 1.54) is 0 Å².